The summed E-state index contributed by atoms with van der Waals surface area (Å²) in [6.07, 6.45) is 0.233. The Morgan fingerprint density at radius 3 is 2.90 bits per heavy atom. The van der Waals surface area contributed by atoms with Gasteiger partial charge in [-0.2, -0.15) is 4.98 Å². The molecule has 0 unspecified atom stereocenters. The lowest BCUT2D eigenvalue weighted by Gasteiger charge is -2.01. The van der Waals surface area contributed by atoms with Gasteiger partial charge in [0.25, 0.3) is 0 Å². The fraction of sp³-hybridized carbons (Fsp3) is 0.267. The lowest BCUT2D eigenvalue weighted by Crippen LogP contribution is -2.15. The van der Waals surface area contributed by atoms with E-state index in [1.54, 1.807) is 0 Å². The second-order valence-electron chi connectivity index (χ2n) is 5.20. The number of aliphatic hydroxyl groups is 1. The maximum atomic E-state index is 9.54. The maximum absolute atomic E-state index is 9.54. The van der Waals surface area contributed by atoms with Crippen molar-refractivity contribution in [2.24, 2.45) is 0 Å². The third-order valence-corrected chi connectivity index (χ3v) is 3.68. The van der Waals surface area contributed by atoms with Crippen molar-refractivity contribution < 1.29 is 9.63 Å². The Bertz CT molecular complexity index is 786. The van der Waals surface area contributed by atoms with Gasteiger partial charge in [-0.25, -0.2) is 4.98 Å². The van der Waals surface area contributed by atoms with Crippen LogP contribution in [-0.2, 0) is 0 Å². The summed E-state index contributed by atoms with van der Waals surface area (Å²) in [7, 11) is 0. The van der Waals surface area contributed by atoms with Crippen molar-refractivity contribution >= 4 is 10.9 Å². The molecule has 1 aliphatic rings. The number of aliphatic hydroxyl groups excluding tert-OH is 1. The largest absolute Gasteiger partial charge is 0.392 e. The van der Waals surface area contributed by atoms with Gasteiger partial charge in [0.05, 0.1) is 17.7 Å². The zero-order valence-electron chi connectivity index (χ0n) is 11.2. The molecule has 0 amide bonds. The average molecular weight is 282 g/mol. The molecule has 21 heavy (non-hydrogen) atoms. The van der Waals surface area contributed by atoms with E-state index in [9.17, 15) is 5.11 Å². The van der Waals surface area contributed by atoms with Gasteiger partial charge in [0.2, 0.25) is 11.7 Å². The van der Waals surface area contributed by atoms with Gasteiger partial charge in [0, 0.05) is 11.9 Å². The van der Waals surface area contributed by atoms with Crippen molar-refractivity contribution in [3.05, 3.63) is 42.3 Å². The van der Waals surface area contributed by atoms with E-state index in [1.165, 1.54) is 0 Å². The standard InChI is InChI=1S/C15H14N4O2/c20-10-7-13(16-8-10)15-18-14(19-21-15)12-6-5-9-3-1-2-4-11(9)17-12/h1-6,10,13,16,20H,7-8H2/t10-,13-/m1/s1. The Balaban J connectivity index is 1.67. The number of rotatable bonds is 2. The van der Waals surface area contributed by atoms with Gasteiger partial charge < -0.3 is 14.9 Å². The number of hydrogen-bond acceptors (Lipinski definition) is 6. The zero-order valence-corrected chi connectivity index (χ0v) is 11.2. The molecule has 1 saturated heterocycles. The van der Waals surface area contributed by atoms with Crippen LogP contribution in [0.4, 0.5) is 0 Å². The number of pyridine rings is 1. The van der Waals surface area contributed by atoms with Gasteiger partial charge in [0.15, 0.2) is 0 Å². The van der Waals surface area contributed by atoms with Crippen LogP contribution >= 0.6 is 0 Å². The van der Waals surface area contributed by atoms with E-state index >= 15 is 0 Å². The van der Waals surface area contributed by atoms with Crippen molar-refractivity contribution in [1.82, 2.24) is 20.4 Å². The van der Waals surface area contributed by atoms with Gasteiger partial charge in [-0.15, -0.1) is 0 Å². The molecule has 1 aliphatic heterocycles. The highest BCUT2D eigenvalue weighted by atomic mass is 16.5. The number of nitrogens with zero attached hydrogens (tertiary/aromatic N) is 3. The lowest BCUT2D eigenvalue weighted by molar-refractivity contribution is 0.191. The van der Waals surface area contributed by atoms with Gasteiger partial charge in [-0.3, -0.25) is 0 Å². The molecule has 3 heterocycles. The fourth-order valence-corrected chi connectivity index (χ4v) is 2.58. The molecule has 1 aromatic carbocycles. The summed E-state index contributed by atoms with van der Waals surface area (Å²) < 4.78 is 5.29. The molecule has 2 N–H and O–H groups in total. The highest BCUT2D eigenvalue weighted by Crippen LogP contribution is 2.24. The van der Waals surface area contributed by atoms with Crippen LogP contribution in [-0.4, -0.2) is 32.9 Å². The average Bonchev–Trinajstić information content (AvgIpc) is 3.15. The first kappa shape index (κ1) is 12.4. The van der Waals surface area contributed by atoms with E-state index in [0.717, 1.165) is 10.9 Å². The number of fused-ring (bicyclic) bond motifs is 1. The molecule has 6 nitrogen and oxygen atoms in total. The van der Waals surface area contributed by atoms with Gasteiger partial charge in [-0.05, 0) is 18.6 Å². The predicted molar refractivity (Wildman–Crippen MR) is 76.4 cm³/mol. The summed E-state index contributed by atoms with van der Waals surface area (Å²) in [5.74, 6) is 0.968. The molecular formula is C15H14N4O2. The molecule has 1 fully saturated rings. The zero-order chi connectivity index (χ0) is 14.2. The Labute approximate surface area is 120 Å². The first-order valence-corrected chi connectivity index (χ1v) is 6.91. The molecule has 2 aromatic heterocycles. The van der Waals surface area contributed by atoms with Gasteiger partial charge in [-0.1, -0.05) is 29.4 Å². The van der Waals surface area contributed by atoms with E-state index in [2.05, 4.69) is 20.4 Å². The van der Waals surface area contributed by atoms with E-state index in [0.29, 0.717) is 30.4 Å². The molecule has 0 spiro atoms. The van der Waals surface area contributed by atoms with E-state index in [-0.39, 0.29) is 12.1 Å². The molecule has 0 bridgehead atoms. The third kappa shape index (κ3) is 2.28. The number of β-amino-alcohol motifs (C(OH)–C–C–N with tert-alkyl or cyclic N) is 1. The number of aromatic nitrogens is 3. The minimum absolute atomic E-state index is 0.0818. The molecule has 4 rings (SSSR count). The smallest absolute Gasteiger partial charge is 0.244 e. The number of nitrogens with one attached hydrogen (secondary N) is 1. The predicted octanol–water partition coefficient (Wildman–Crippen LogP) is 1.68. The molecule has 0 aliphatic carbocycles. The van der Waals surface area contributed by atoms with Crippen LogP contribution in [0.25, 0.3) is 22.4 Å². The molecule has 0 saturated carbocycles. The second-order valence-corrected chi connectivity index (χ2v) is 5.20. The quantitative estimate of drug-likeness (QED) is 0.744. The Hall–Kier alpha value is -2.31. The minimum Gasteiger partial charge on any atom is -0.392 e. The summed E-state index contributed by atoms with van der Waals surface area (Å²) in [6, 6.07) is 11.7. The SMILES string of the molecule is O[C@H]1CN[C@@H](c2nc(-c3ccc4ccccc4n3)no2)C1. The Kier molecular flexibility index (Phi) is 2.90. The van der Waals surface area contributed by atoms with E-state index in [1.807, 2.05) is 36.4 Å². The highest BCUT2D eigenvalue weighted by molar-refractivity contribution is 5.80. The van der Waals surface area contributed by atoms with Crippen LogP contribution in [0.2, 0.25) is 0 Å². The number of benzene rings is 1. The second kappa shape index (κ2) is 4.91. The first-order valence-electron chi connectivity index (χ1n) is 6.91. The number of hydrogen-bond donors (Lipinski definition) is 2. The fourth-order valence-electron chi connectivity index (χ4n) is 2.58. The van der Waals surface area contributed by atoms with Crippen LogP contribution in [0.5, 0.6) is 0 Å². The van der Waals surface area contributed by atoms with E-state index in [4.69, 9.17) is 4.52 Å². The molecule has 3 aromatic rings. The Morgan fingerprint density at radius 2 is 2.05 bits per heavy atom. The lowest BCUT2D eigenvalue weighted by atomic mass is 10.2. The minimum atomic E-state index is -0.357. The Morgan fingerprint density at radius 1 is 1.14 bits per heavy atom. The van der Waals surface area contributed by atoms with Crippen molar-refractivity contribution in [3.63, 3.8) is 0 Å². The van der Waals surface area contributed by atoms with Crippen LogP contribution in [0, 0.1) is 0 Å². The first-order chi connectivity index (χ1) is 10.3. The summed E-state index contributed by atoms with van der Waals surface area (Å²) in [6.45, 7) is 0.552. The summed E-state index contributed by atoms with van der Waals surface area (Å²) in [5.41, 5.74) is 1.58. The molecule has 6 heteroatoms. The number of para-hydroxylation sites is 1. The maximum Gasteiger partial charge on any atom is 0.244 e. The van der Waals surface area contributed by atoms with Crippen molar-refractivity contribution in [2.45, 2.75) is 18.6 Å². The van der Waals surface area contributed by atoms with Crippen molar-refractivity contribution in [2.75, 3.05) is 6.54 Å². The molecule has 2 atom stereocenters. The summed E-state index contributed by atoms with van der Waals surface area (Å²) in [4.78, 5) is 8.94. The highest BCUT2D eigenvalue weighted by Gasteiger charge is 2.28. The van der Waals surface area contributed by atoms with Gasteiger partial charge in [0.1, 0.15) is 5.69 Å². The van der Waals surface area contributed by atoms with Crippen LogP contribution in [0.1, 0.15) is 18.4 Å². The topological polar surface area (TPSA) is 84.1 Å². The molecular weight excluding hydrogens is 268 g/mol. The molecule has 0 radical (unpaired) electrons. The normalized spacial score (nSPS) is 22.0. The van der Waals surface area contributed by atoms with E-state index < -0.39 is 0 Å². The van der Waals surface area contributed by atoms with Crippen LogP contribution in [0.15, 0.2) is 40.9 Å². The van der Waals surface area contributed by atoms with Gasteiger partial charge >= 0.3 is 0 Å². The van der Waals surface area contributed by atoms with Crippen molar-refractivity contribution in [3.8, 4) is 11.5 Å². The molecule has 106 valence electrons. The third-order valence-electron chi connectivity index (χ3n) is 3.68. The van der Waals surface area contributed by atoms with Crippen LogP contribution in [0.3, 0.4) is 0 Å². The summed E-state index contributed by atoms with van der Waals surface area (Å²) in [5, 5.41) is 17.8. The monoisotopic (exact) mass is 282 g/mol. The van der Waals surface area contributed by atoms with Crippen LogP contribution < -0.4 is 5.32 Å². The summed E-state index contributed by atoms with van der Waals surface area (Å²) >= 11 is 0. The van der Waals surface area contributed by atoms with Crippen molar-refractivity contribution in [1.29, 1.82) is 0 Å².